The topological polar surface area (TPSA) is 44.1 Å². The van der Waals surface area contributed by atoms with E-state index in [1.54, 1.807) is 0 Å². The predicted octanol–water partition coefficient (Wildman–Crippen LogP) is 1.52. The first-order valence-corrected chi connectivity index (χ1v) is 4.94. The normalized spacial score (nSPS) is 20.4. The van der Waals surface area contributed by atoms with Gasteiger partial charge in [-0.1, -0.05) is 17.7 Å². The van der Waals surface area contributed by atoms with E-state index >= 15 is 0 Å². The van der Waals surface area contributed by atoms with Gasteiger partial charge in [0.1, 0.15) is 5.92 Å². The molecule has 0 aliphatic carbocycles. The first-order chi connectivity index (χ1) is 7.20. The second kappa shape index (κ2) is 3.74. The van der Waals surface area contributed by atoms with Gasteiger partial charge in [-0.25, -0.2) is 0 Å². The molecule has 1 aromatic rings. The SMILES string of the molecule is Cc1ccc(N2CC(=O)[C@H](C#N)C2)cc1. The number of aryl methyl sites for hydroxylation is 1. The van der Waals surface area contributed by atoms with Gasteiger partial charge >= 0.3 is 0 Å². The Hall–Kier alpha value is -1.82. The number of hydrogen-bond donors (Lipinski definition) is 0. The van der Waals surface area contributed by atoms with E-state index in [4.69, 9.17) is 5.26 Å². The first-order valence-electron chi connectivity index (χ1n) is 4.94. The first kappa shape index (κ1) is 9.72. The van der Waals surface area contributed by atoms with E-state index in [0.29, 0.717) is 13.1 Å². The Balaban J connectivity index is 2.18. The molecular weight excluding hydrogens is 188 g/mol. The predicted molar refractivity (Wildman–Crippen MR) is 57.5 cm³/mol. The van der Waals surface area contributed by atoms with Crippen molar-refractivity contribution in [3.8, 4) is 6.07 Å². The molecule has 1 fully saturated rings. The maximum absolute atomic E-state index is 11.4. The number of nitrogens with zero attached hydrogens (tertiary/aromatic N) is 2. The highest BCUT2D eigenvalue weighted by molar-refractivity contribution is 5.91. The van der Waals surface area contributed by atoms with Gasteiger partial charge in [-0.05, 0) is 19.1 Å². The van der Waals surface area contributed by atoms with Gasteiger partial charge in [0.15, 0.2) is 5.78 Å². The van der Waals surface area contributed by atoms with Crippen molar-refractivity contribution in [1.82, 2.24) is 0 Å². The van der Waals surface area contributed by atoms with E-state index in [0.717, 1.165) is 5.69 Å². The average molecular weight is 200 g/mol. The fourth-order valence-corrected chi connectivity index (χ4v) is 1.75. The van der Waals surface area contributed by atoms with Gasteiger partial charge in [0.25, 0.3) is 0 Å². The second-order valence-corrected chi connectivity index (χ2v) is 3.86. The monoisotopic (exact) mass is 200 g/mol. The summed E-state index contributed by atoms with van der Waals surface area (Å²) >= 11 is 0. The molecule has 1 saturated heterocycles. The highest BCUT2D eigenvalue weighted by Crippen LogP contribution is 2.21. The number of ketones is 1. The van der Waals surface area contributed by atoms with Crippen molar-refractivity contribution in [3.05, 3.63) is 29.8 Å². The molecule has 0 bridgehead atoms. The van der Waals surface area contributed by atoms with E-state index in [1.807, 2.05) is 42.2 Å². The van der Waals surface area contributed by atoms with Crippen LogP contribution < -0.4 is 4.90 Å². The zero-order valence-electron chi connectivity index (χ0n) is 8.60. The molecule has 1 atom stereocenters. The van der Waals surface area contributed by atoms with Gasteiger partial charge in [-0.3, -0.25) is 4.79 Å². The molecule has 3 nitrogen and oxygen atoms in total. The molecular formula is C12H12N2O. The summed E-state index contributed by atoms with van der Waals surface area (Å²) in [6.45, 7) is 2.91. The molecule has 0 radical (unpaired) electrons. The number of anilines is 1. The third-order valence-corrected chi connectivity index (χ3v) is 2.69. The lowest BCUT2D eigenvalue weighted by atomic mass is 10.1. The van der Waals surface area contributed by atoms with Gasteiger partial charge in [0.2, 0.25) is 0 Å². The van der Waals surface area contributed by atoms with Crippen LogP contribution in [0, 0.1) is 24.2 Å². The fraction of sp³-hybridized carbons (Fsp3) is 0.333. The Morgan fingerprint density at radius 2 is 2.07 bits per heavy atom. The zero-order valence-corrected chi connectivity index (χ0v) is 8.60. The highest BCUT2D eigenvalue weighted by atomic mass is 16.1. The molecule has 2 rings (SSSR count). The largest absolute Gasteiger partial charge is 0.362 e. The molecule has 1 heterocycles. The number of nitriles is 1. The Morgan fingerprint density at radius 1 is 1.40 bits per heavy atom. The molecule has 1 aliphatic rings. The molecule has 0 N–H and O–H groups in total. The summed E-state index contributed by atoms with van der Waals surface area (Å²) in [4.78, 5) is 13.3. The molecule has 0 aromatic heterocycles. The van der Waals surface area contributed by atoms with E-state index in [-0.39, 0.29) is 5.78 Å². The Bertz CT molecular complexity index is 416. The smallest absolute Gasteiger partial charge is 0.170 e. The highest BCUT2D eigenvalue weighted by Gasteiger charge is 2.30. The lowest BCUT2D eigenvalue weighted by molar-refractivity contribution is -0.118. The minimum Gasteiger partial charge on any atom is -0.362 e. The summed E-state index contributed by atoms with van der Waals surface area (Å²) in [5.74, 6) is -0.427. The minimum atomic E-state index is -0.452. The summed E-state index contributed by atoms with van der Waals surface area (Å²) in [5.41, 5.74) is 2.22. The Morgan fingerprint density at radius 3 is 2.60 bits per heavy atom. The van der Waals surface area contributed by atoms with Gasteiger partial charge < -0.3 is 4.90 Å². The van der Waals surface area contributed by atoms with E-state index in [9.17, 15) is 4.79 Å². The fourth-order valence-electron chi connectivity index (χ4n) is 1.75. The van der Waals surface area contributed by atoms with Crippen LogP contribution >= 0.6 is 0 Å². The summed E-state index contributed by atoms with van der Waals surface area (Å²) < 4.78 is 0. The van der Waals surface area contributed by atoms with Crippen LogP contribution in [0.15, 0.2) is 24.3 Å². The number of hydrogen-bond acceptors (Lipinski definition) is 3. The van der Waals surface area contributed by atoms with Gasteiger partial charge in [-0.15, -0.1) is 0 Å². The van der Waals surface area contributed by atoms with Crippen molar-refractivity contribution in [3.63, 3.8) is 0 Å². The number of rotatable bonds is 1. The molecule has 0 spiro atoms. The molecule has 0 saturated carbocycles. The molecule has 0 amide bonds. The van der Waals surface area contributed by atoms with Crippen LogP contribution in [0.3, 0.4) is 0 Å². The summed E-state index contributed by atoms with van der Waals surface area (Å²) in [6.07, 6.45) is 0. The molecule has 76 valence electrons. The van der Waals surface area contributed by atoms with Crippen LogP contribution in [0.5, 0.6) is 0 Å². The summed E-state index contributed by atoms with van der Waals surface area (Å²) in [6, 6.07) is 10.0. The van der Waals surface area contributed by atoms with Crippen molar-refractivity contribution >= 4 is 11.5 Å². The molecule has 0 unspecified atom stereocenters. The zero-order chi connectivity index (χ0) is 10.8. The quantitative estimate of drug-likeness (QED) is 0.690. The maximum atomic E-state index is 11.4. The van der Waals surface area contributed by atoms with Gasteiger partial charge in [-0.2, -0.15) is 5.26 Å². The Kier molecular flexibility index (Phi) is 2.42. The van der Waals surface area contributed by atoms with Gasteiger partial charge in [0, 0.05) is 12.2 Å². The van der Waals surface area contributed by atoms with E-state index in [2.05, 4.69) is 0 Å². The van der Waals surface area contributed by atoms with Crippen molar-refractivity contribution in [1.29, 1.82) is 5.26 Å². The standard InChI is InChI=1S/C12H12N2O/c1-9-2-4-11(5-3-9)14-7-10(6-13)12(15)8-14/h2-5,10H,7-8H2,1H3/t10-/m1/s1. The summed E-state index contributed by atoms with van der Waals surface area (Å²) in [5, 5.41) is 8.75. The van der Waals surface area contributed by atoms with E-state index in [1.165, 1.54) is 5.56 Å². The lowest BCUT2D eigenvalue weighted by Crippen LogP contribution is -2.19. The molecule has 1 aliphatic heterocycles. The maximum Gasteiger partial charge on any atom is 0.170 e. The van der Waals surface area contributed by atoms with Crippen LogP contribution in [0.1, 0.15) is 5.56 Å². The number of Topliss-reactive ketones (excluding diaryl/α,β-unsaturated/α-hetero) is 1. The molecule has 15 heavy (non-hydrogen) atoms. The Labute approximate surface area is 88.9 Å². The third-order valence-electron chi connectivity index (χ3n) is 2.69. The lowest BCUT2D eigenvalue weighted by Gasteiger charge is -2.16. The number of benzene rings is 1. The number of carbonyl (C=O) groups is 1. The van der Waals surface area contributed by atoms with Crippen LogP contribution in [0.25, 0.3) is 0 Å². The number of carbonyl (C=O) groups excluding carboxylic acids is 1. The van der Waals surface area contributed by atoms with Crippen LogP contribution in [-0.2, 0) is 4.79 Å². The van der Waals surface area contributed by atoms with Crippen LogP contribution in [0.4, 0.5) is 5.69 Å². The summed E-state index contributed by atoms with van der Waals surface area (Å²) in [7, 11) is 0. The van der Waals surface area contributed by atoms with Crippen molar-refractivity contribution in [2.24, 2.45) is 5.92 Å². The van der Waals surface area contributed by atoms with Crippen LogP contribution in [0.2, 0.25) is 0 Å². The molecule has 3 heteroatoms. The van der Waals surface area contributed by atoms with Gasteiger partial charge in [0.05, 0.1) is 12.6 Å². The minimum absolute atomic E-state index is 0.0260. The third kappa shape index (κ3) is 1.84. The van der Waals surface area contributed by atoms with Crippen molar-refractivity contribution in [2.45, 2.75) is 6.92 Å². The van der Waals surface area contributed by atoms with Crippen molar-refractivity contribution < 1.29 is 4.79 Å². The van der Waals surface area contributed by atoms with E-state index < -0.39 is 5.92 Å². The van der Waals surface area contributed by atoms with Crippen molar-refractivity contribution in [2.75, 3.05) is 18.0 Å². The second-order valence-electron chi connectivity index (χ2n) is 3.86. The van der Waals surface area contributed by atoms with Crippen LogP contribution in [-0.4, -0.2) is 18.9 Å². The average Bonchev–Trinajstić information content (AvgIpc) is 2.61. The molecule has 1 aromatic carbocycles.